The lowest BCUT2D eigenvalue weighted by atomic mass is 9.99. The molecule has 14 heavy (non-hydrogen) atoms. The first kappa shape index (κ1) is 10.7. The molecule has 0 fully saturated rings. The van der Waals surface area contributed by atoms with Crippen molar-refractivity contribution in [2.45, 2.75) is 26.7 Å². The fraction of sp³-hybridized carbons (Fsp3) is 0.308. The van der Waals surface area contributed by atoms with Crippen LogP contribution in [0.5, 0.6) is 0 Å². The molecule has 0 spiro atoms. The summed E-state index contributed by atoms with van der Waals surface area (Å²) in [6, 6.07) is 5.98. The van der Waals surface area contributed by atoms with Crippen molar-refractivity contribution in [1.29, 1.82) is 0 Å². The normalized spacial score (nSPS) is 9.86. The maximum Gasteiger partial charge on any atom is 0.163 e. The van der Waals surface area contributed by atoms with Gasteiger partial charge in [0, 0.05) is 12.0 Å². The van der Waals surface area contributed by atoms with Gasteiger partial charge in [-0.05, 0) is 31.9 Å². The van der Waals surface area contributed by atoms with E-state index in [-0.39, 0.29) is 5.78 Å². The van der Waals surface area contributed by atoms with Gasteiger partial charge >= 0.3 is 0 Å². The Hall–Kier alpha value is -1.37. The molecule has 1 nitrogen and oxygen atoms in total. The van der Waals surface area contributed by atoms with Crippen LogP contribution in [0.2, 0.25) is 0 Å². The van der Waals surface area contributed by atoms with E-state index in [9.17, 15) is 4.79 Å². The van der Waals surface area contributed by atoms with Gasteiger partial charge in [0.1, 0.15) is 0 Å². The second-order valence-electron chi connectivity index (χ2n) is 3.57. The van der Waals surface area contributed by atoms with Crippen molar-refractivity contribution in [3.63, 3.8) is 0 Å². The van der Waals surface area contributed by atoms with Gasteiger partial charge in [0.15, 0.2) is 5.78 Å². The number of carbonyl (C=O) groups is 1. The van der Waals surface area contributed by atoms with Crippen LogP contribution in [-0.2, 0) is 0 Å². The van der Waals surface area contributed by atoms with E-state index in [1.807, 2.05) is 32.0 Å². The van der Waals surface area contributed by atoms with Gasteiger partial charge in [-0.15, -0.1) is 6.58 Å². The summed E-state index contributed by atoms with van der Waals surface area (Å²) in [6.07, 6.45) is 3.10. The van der Waals surface area contributed by atoms with E-state index in [0.717, 1.165) is 23.1 Å². The van der Waals surface area contributed by atoms with Crippen LogP contribution in [0.1, 0.15) is 34.3 Å². The monoisotopic (exact) mass is 188 g/mol. The maximum absolute atomic E-state index is 11.7. The molecule has 0 aliphatic heterocycles. The molecule has 1 aromatic rings. The van der Waals surface area contributed by atoms with Gasteiger partial charge < -0.3 is 0 Å². The van der Waals surface area contributed by atoms with Crippen LogP contribution in [0.3, 0.4) is 0 Å². The standard InChI is InChI=1S/C13H16O/c1-4-5-6-13(14)12-9-10(2)7-8-11(12)3/h4,7-9H,1,5-6H2,2-3H3. The molecule has 0 bridgehead atoms. The topological polar surface area (TPSA) is 17.1 Å². The van der Waals surface area contributed by atoms with E-state index in [1.165, 1.54) is 0 Å². The first-order valence-corrected chi connectivity index (χ1v) is 4.86. The number of ketones is 1. The van der Waals surface area contributed by atoms with E-state index < -0.39 is 0 Å². The molecule has 0 heterocycles. The number of hydrogen-bond donors (Lipinski definition) is 0. The van der Waals surface area contributed by atoms with Crippen molar-refractivity contribution in [2.24, 2.45) is 0 Å². The highest BCUT2D eigenvalue weighted by atomic mass is 16.1. The average molecular weight is 188 g/mol. The fourth-order valence-electron chi connectivity index (χ4n) is 1.40. The minimum absolute atomic E-state index is 0.214. The molecule has 0 atom stereocenters. The molecular formula is C13H16O. The second kappa shape index (κ2) is 4.75. The zero-order chi connectivity index (χ0) is 10.6. The Kier molecular flexibility index (Phi) is 3.63. The minimum atomic E-state index is 0.214. The van der Waals surface area contributed by atoms with Crippen molar-refractivity contribution in [1.82, 2.24) is 0 Å². The van der Waals surface area contributed by atoms with Crippen molar-refractivity contribution in [3.05, 3.63) is 47.5 Å². The summed E-state index contributed by atoms with van der Waals surface area (Å²) in [6.45, 7) is 7.59. The van der Waals surface area contributed by atoms with Crippen LogP contribution >= 0.6 is 0 Å². The van der Waals surface area contributed by atoms with E-state index in [2.05, 4.69) is 6.58 Å². The third-order valence-corrected chi connectivity index (χ3v) is 2.27. The fourth-order valence-corrected chi connectivity index (χ4v) is 1.40. The minimum Gasteiger partial charge on any atom is -0.294 e. The van der Waals surface area contributed by atoms with Gasteiger partial charge in [-0.2, -0.15) is 0 Å². The quantitative estimate of drug-likeness (QED) is 0.522. The summed E-state index contributed by atoms with van der Waals surface area (Å²) in [4.78, 5) is 11.7. The molecule has 0 unspecified atom stereocenters. The zero-order valence-corrected chi connectivity index (χ0v) is 8.84. The Bertz CT molecular complexity index is 350. The summed E-state index contributed by atoms with van der Waals surface area (Å²) in [5.74, 6) is 0.214. The zero-order valence-electron chi connectivity index (χ0n) is 8.84. The molecule has 0 amide bonds. The SMILES string of the molecule is C=CCCC(=O)c1cc(C)ccc1C. The molecule has 1 aromatic carbocycles. The summed E-state index contributed by atoms with van der Waals surface area (Å²) >= 11 is 0. The van der Waals surface area contributed by atoms with Gasteiger partial charge in [0.05, 0.1) is 0 Å². The molecule has 1 rings (SSSR count). The Morgan fingerprint density at radius 1 is 1.43 bits per heavy atom. The van der Waals surface area contributed by atoms with Crippen LogP contribution < -0.4 is 0 Å². The molecule has 0 saturated carbocycles. The Labute approximate surface area is 85.5 Å². The highest BCUT2D eigenvalue weighted by Crippen LogP contribution is 2.13. The Morgan fingerprint density at radius 3 is 2.79 bits per heavy atom. The highest BCUT2D eigenvalue weighted by molar-refractivity contribution is 5.97. The number of rotatable bonds is 4. The second-order valence-corrected chi connectivity index (χ2v) is 3.57. The Balaban J connectivity index is 2.88. The highest BCUT2D eigenvalue weighted by Gasteiger charge is 2.07. The van der Waals surface area contributed by atoms with Gasteiger partial charge in [0.2, 0.25) is 0 Å². The van der Waals surface area contributed by atoms with Crippen molar-refractivity contribution in [3.8, 4) is 0 Å². The molecule has 0 aliphatic carbocycles. The number of aryl methyl sites for hydroxylation is 2. The average Bonchev–Trinajstić information content (AvgIpc) is 2.18. The molecule has 0 N–H and O–H groups in total. The van der Waals surface area contributed by atoms with Gasteiger partial charge in [0.25, 0.3) is 0 Å². The maximum atomic E-state index is 11.7. The molecule has 74 valence electrons. The lowest BCUT2D eigenvalue weighted by Crippen LogP contribution is -2.01. The summed E-state index contributed by atoms with van der Waals surface area (Å²) in [5.41, 5.74) is 3.05. The first-order chi connectivity index (χ1) is 6.65. The van der Waals surface area contributed by atoms with Crippen LogP contribution in [0.25, 0.3) is 0 Å². The Morgan fingerprint density at radius 2 is 2.14 bits per heavy atom. The predicted octanol–water partition coefficient (Wildman–Crippen LogP) is 3.45. The van der Waals surface area contributed by atoms with Gasteiger partial charge in [-0.1, -0.05) is 23.8 Å². The molecule has 0 aliphatic rings. The summed E-state index contributed by atoms with van der Waals surface area (Å²) in [7, 11) is 0. The van der Waals surface area contributed by atoms with Crippen molar-refractivity contribution in [2.75, 3.05) is 0 Å². The third kappa shape index (κ3) is 2.56. The van der Waals surface area contributed by atoms with Crippen LogP contribution in [0.15, 0.2) is 30.9 Å². The summed E-state index contributed by atoms with van der Waals surface area (Å²) in [5, 5.41) is 0. The van der Waals surface area contributed by atoms with Crippen molar-refractivity contribution >= 4 is 5.78 Å². The molecule has 0 saturated heterocycles. The first-order valence-electron chi connectivity index (χ1n) is 4.86. The number of allylic oxidation sites excluding steroid dienone is 1. The number of benzene rings is 1. The number of carbonyl (C=O) groups excluding carboxylic acids is 1. The predicted molar refractivity (Wildman–Crippen MR) is 59.7 cm³/mol. The summed E-state index contributed by atoms with van der Waals surface area (Å²) < 4.78 is 0. The van der Waals surface area contributed by atoms with E-state index in [4.69, 9.17) is 0 Å². The number of hydrogen-bond acceptors (Lipinski definition) is 1. The van der Waals surface area contributed by atoms with Crippen LogP contribution in [0.4, 0.5) is 0 Å². The van der Waals surface area contributed by atoms with Crippen molar-refractivity contribution < 1.29 is 4.79 Å². The third-order valence-electron chi connectivity index (χ3n) is 2.27. The lowest BCUT2D eigenvalue weighted by molar-refractivity contribution is 0.0983. The smallest absolute Gasteiger partial charge is 0.163 e. The number of Topliss-reactive ketones (excluding diaryl/α,β-unsaturated/α-hetero) is 1. The molecule has 0 aromatic heterocycles. The van der Waals surface area contributed by atoms with E-state index in [1.54, 1.807) is 6.08 Å². The van der Waals surface area contributed by atoms with E-state index in [0.29, 0.717) is 6.42 Å². The van der Waals surface area contributed by atoms with Crippen LogP contribution in [-0.4, -0.2) is 5.78 Å². The lowest BCUT2D eigenvalue weighted by Gasteiger charge is -2.04. The van der Waals surface area contributed by atoms with Crippen LogP contribution in [0, 0.1) is 13.8 Å². The van der Waals surface area contributed by atoms with E-state index >= 15 is 0 Å². The molecule has 1 heteroatoms. The molecular weight excluding hydrogens is 172 g/mol. The van der Waals surface area contributed by atoms with Gasteiger partial charge in [-0.3, -0.25) is 4.79 Å². The van der Waals surface area contributed by atoms with Gasteiger partial charge in [-0.25, -0.2) is 0 Å². The molecule has 0 radical (unpaired) electrons. The largest absolute Gasteiger partial charge is 0.294 e.